The van der Waals surface area contributed by atoms with Gasteiger partial charge in [-0.05, 0) is 24.6 Å². The maximum atomic E-state index is 12.1. The smallest absolute Gasteiger partial charge is 0.271 e. The predicted molar refractivity (Wildman–Crippen MR) is 77.5 cm³/mol. The maximum Gasteiger partial charge on any atom is 0.271 e. The molecule has 3 rings (SSSR count). The second-order valence-electron chi connectivity index (χ2n) is 4.69. The molecule has 0 bridgehead atoms. The van der Waals surface area contributed by atoms with Crippen LogP contribution < -0.4 is 5.32 Å². The molecule has 4 nitrogen and oxygen atoms in total. The molecule has 0 unspecified atom stereocenters. The second kappa shape index (κ2) is 5.17. The van der Waals surface area contributed by atoms with Gasteiger partial charge in [-0.3, -0.25) is 4.79 Å². The first kappa shape index (κ1) is 12.4. The minimum atomic E-state index is -0.156. The van der Waals surface area contributed by atoms with Crippen LogP contribution in [0.25, 0.3) is 5.65 Å². The van der Waals surface area contributed by atoms with Crippen molar-refractivity contribution in [3.63, 3.8) is 0 Å². The van der Waals surface area contributed by atoms with Gasteiger partial charge < -0.3 is 9.72 Å². The fourth-order valence-corrected chi connectivity index (χ4v) is 2.13. The molecule has 0 atom stereocenters. The standard InChI is InChI=1S/C16H15N3O/c1-12-6-5-9-15-18-14(11-19(12)15)16(20)17-10-13-7-3-2-4-8-13/h2-9,11H,10H2,1H3,(H,17,20). The van der Waals surface area contributed by atoms with Crippen molar-refractivity contribution >= 4 is 11.6 Å². The molecular formula is C16H15N3O. The Hall–Kier alpha value is -2.62. The number of aryl methyl sites for hydroxylation is 1. The lowest BCUT2D eigenvalue weighted by molar-refractivity contribution is 0.0946. The molecule has 0 aliphatic carbocycles. The highest BCUT2D eigenvalue weighted by molar-refractivity contribution is 5.92. The highest BCUT2D eigenvalue weighted by atomic mass is 16.1. The molecule has 1 amide bonds. The third kappa shape index (κ3) is 2.40. The summed E-state index contributed by atoms with van der Waals surface area (Å²) < 4.78 is 1.91. The van der Waals surface area contributed by atoms with Gasteiger partial charge in [0.25, 0.3) is 5.91 Å². The summed E-state index contributed by atoms with van der Waals surface area (Å²) in [5.74, 6) is -0.156. The molecule has 2 heterocycles. The lowest BCUT2D eigenvalue weighted by Gasteiger charge is -2.02. The zero-order valence-electron chi connectivity index (χ0n) is 11.2. The Balaban J connectivity index is 1.77. The molecule has 0 saturated heterocycles. The fraction of sp³-hybridized carbons (Fsp3) is 0.125. The SMILES string of the molecule is Cc1cccc2nc(C(=O)NCc3ccccc3)cn12. The average Bonchev–Trinajstić information content (AvgIpc) is 2.91. The normalized spacial score (nSPS) is 10.7. The first-order valence-corrected chi connectivity index (χ1v) is 6.51. The van der Waals surface area contributed by atoms with E-state index in [4.69, 9.17) is 0 Å². The number of hydrogen-bond donors (Lipinski definition) is 1. The molecule has 0 fully saturated rings. The van der Waals surface area contributed by atoms with Gasteiger partial charge in [0.15, 0.2) is 0 Å². The molecule has 0 aliphatic rings. The van der Waals surface area contributed by atoms with Crippen LogP contribution in [0.5, 0.6) is 0 Å². The van der Waals surface area contributed by atoms with Crippen LogP contribution in [0.15, 0.2) is 54.7 Å². The van der Waals surface area contributed by atoms with Crippen LogP contribution in [-0.4, -0.2) is 15.3 Å². The second-order valence-corrected chi connectivity index (χ2v) is 4.69. The van der Waals surface area contributed by atoms with Crippen molar-refractivity contribution in [2.24, 2.45) is 0 Å². The van der Waals surface area contributed by atoms with Crippen LogP contribution in [0.1, 0.15) is 21.7 Å². The van der Waals surface area contributed by atoms with Gasteiger partial charge in [0.2, 0.25) is 0 Å². The summed E-state index contributed by atoms with van der Waals surface area (Å²) in [7, 11) is 0. The summed E-state index contributed by atoms with van der Waals surface area (Å²) in [6.07, 6.45) is 1.77. The summed E-state index contributed by atoms with van der Waals surface area (Å²) in [4.78, 5) is 16.4. The molecule has 1 N–H and O–H groups in total. The van der Waals surface area contributed by atoms with Crippen LogP contribution in [-0.2, 0) is 6.54 Å². The molecular weight excluding hydrogens is 250 g/mol. The Labute approximate surface area is 117 Å². The molecule has 3 aromatic rings. The minimum absolute atomic E-state index is 0.156. The van der Waals surface area contributed by atoms with Crippen LogP contribution in [0, 0.1) is 6.92 Å². The summed E-state index contributed by atoms with van der Waals surface area (Å²) in [6, 6.07) is 15.6. The summed E-state index contributed by atoms with van der Waals surface area (Å²) in [6.45, 7) is 2.49. The lowest BCUT2D eigenvalue weighted by atomic mass is 10.2. The number of carbonyl (C=O) groups excluding carboxylic acids is 1. The average molecular weight is 265 g/mol. The topological polar surface area (TPSA) is 46.4 Å². The molecule has 20 heavy (non-hydrogen) atoms. The highest BCUT2D eigenvalue weighted by Gasteiger charge is 2.10. The van der Waals surface area contributed by atoms with E-state index < -0.39 is 0 Å². The zero-order chi connectivity index (χ0) is 13.9. The molecule has 100 valence electrons. The number of carbonyl (C=O) groups is 1. The van der Waals surface area contributed by atoms with Crippen LogP contribution in [0.4, 0.5) is 0 Å². The van der Waals surface area contributed by atoms with E-state index in [0.717, 1.165) is 16.9 Å². The van der Waals surface area contributed by atoms with Gasteiger partial charge >= 0.3 is 0 Å². The largest absolute Gasteiger partial charge is 0.347 e. The zero-order valence-corrected chi connectivity index (χ0v) is 11.2. The molecule has 0 spiro atoms. The number of aromatic nitrogens is 2. The molecule has 0 aliphatic heterocycles. The third-order valence-corrected chi connectivity index (χ3v) is 3.22. The Kier molecular flexibility index (Phi) is 3.21. The molecule has 1 aromatic carbocycles. The van der Waals surface area contributed by atoms with Crippen LogP contribution >= 0.6 is 0 Å². The van der Waals surface area contributed by atoms with Crippen molar-refractivity contribution < 1.29 is 4.79 Å². The Morgan fingerprint density at radius 3 is 2.70 bits per heavy atom. The highest BCUT2D eigenvalue weighted by Crippen LogP contribution is 2.08. The van der Waals surface area contributed by atoms with Gasteiger partial charge in [-0.25, -0.2) is 4.98 Å². The van der Waals surface area contributed by atoms with Crippen LogP contribution in [0.2, 0.25) is 0 Å². The number of amides is 1. The van der Waals surface area contributed by atoms with E-state index in [9.17, 15) is 4.79 Å². The summed E-state index contributed by atoms with van der Waals surface area (Å²) in [5, 5.41) is 2.88. The number of nitrogens with one attached hydrogen (secondary N) is 1. The number of benzene rings is 1. The van der Waals surface area contributed by atoms with Gasteiger partial charge in [0.1, 0.15) is 11.3 Å². The van der Waals surface area contributed by atoms with Gasteiger partial charge in [0, 0.05) is 18.4 Å². The van der Waals surface area contributed by atoms with Crippen molar-refractivity contribution in [1.82, 2.24) is 14.7 Å². The van der Waals surface area contributed by atoms with Crippen molar-refractivity contribution in [1.29, 1.82) is 0 Å². The predicted octanol–water partition coefficient (Wildman–Crippen LogP) is 2.57. The Morgan fingerprint density at radius 2 is 1.95 bits per heavy atom. The monoisotopic (exact) mass is 265 g/mol. The van der Waals surface area contributed by atoms with E-state index in [0.29, 0.717) is 12.2 Å². The number of hydrogen-bond acceptors (Lipinski definition) is 2. The third-order valence-electron chi connectivity index (χ3n) is 3.22. The van der Waals surface area contributed by atoms with E-state index >= 15 is 0 Å². The summed E-state index contributed by atoms with van der Waals surface area (Å²) >= 11 is 0. The maximum absolute atomic E-state index is 12.1. The Morgan fingerprint density at radius 1 is 1.15 bits per heavy atom. The van der Waals surface area contributed by atoms with Crippen molar-refractivity contribution in [3.8, 4) is 0 Å². The van der Waals surface area contributed by atoms with E-state index in [1.807, 2.05) is 59.9 Å². The summed E-state index contributed by atoms with van der Waals surface area (Å²) in [5.41, 5.74) is 3.35. The molecule has 2 aromatic heterocycles. The van der Waals surface area contributed by atoms with Crippen LogP contribution in [0.3, 0.4) is 0 Å². The van der Waals surface area contributed by atoms with E-state index in [1.54, 1.807) is 6.20 Å². The van der Waals surface area contributed by atoms with Gasteiger partial charge in [-0.1, -0.05) is 36.4 Å². The number of rotatable bonds is 3. The van der Waals surface area contributed by atoms with Gasteiger partial charge in [0.05, 0.1) is 0 Å². The van der Waals surface area contributed by atoms with Crippen molar-refractivity contribution in [2.75, 3.05) is 0 Å². The molecule has 4 heteroatoms. The lowest BCUT2D eigenvalue weighted by Crippen LogP contribution is -2.23. The number of pyridine rings is 1. The molecule has 0 radical (unpaired) electrons. The van der Waals surface area contributed by atoms with Gasteiger partial charge in [-0.15, -0.1) is 0 Å². The fourth-order valence-electron chi connectivity index (χ4n) is 2.13. The van der Waals surface area contributed by atoms with E-state index in [2.05, 4.69) is 10.3 Å². The quantitative estimate of drug-likeness (QED) is 0.791. The molecule has 0 saturated carbocycles. The number of nitrogens with zero attached hydrogens (tertiary/aromatic N) is 2. The van der Waals surface area contributed by atoms with Gasteiger partial charge in [-0.2, -0.15) is 0 Å². The minimum Gasteiger partial charge on any atom is -0.347 e. The van der Waals surface area contributed by atoms with Crippen molar-refractivity contribution in [3.05, 3.63) is 71.7 Å². The number of fused-ring (bicyclic) bond motifs is 1. The first-order chi connectivity index (χ1) is 9.74. The first-order valence-electron chi connectivity index (χ1n) is 6.51. The Bertz CT molecular complexity index is 747. The van der Waals surface area contributed by atoms with E-state index in [-0.39, 0.29) is 5.91 Å². The number of imidazole rings is 1. The van der Waals surface area contributed by atoms with Crippen molar-refractivity contribution in [2.45, 2.75) is 13.5 Å². The van der Waals surface area contributed by atoms with E-state index in [1.165, 1.54) is 0 Å².